The highest BCUT2D eigenvalue weighted by Crippen LogP contribution is 2.32. The summed E-state index contributed by atoms with van der Waals surface area (Å²) in [5.41, 5.74) is 1.11. The van der Waals surface area contributed by atoms with Gasteiger partial charge in [0.2, 0.25) is 15.9 Å². The summed E-state index contributed by atoms with van der Waals surface area (Å²) in [5, 5.41) is 3.01. The molecule has 1 aliphatic heterocycles. The number of rotatable bonds is 6. The number of anilines is 1. The second kappa shape index (κ2) is 9.32. The van der Waals surface area contributed by atoms with E-state index in [0.29, 0.717) is 31.7 Å². The Morgan fingerprint density at radius 1 is 1.30 bits per heavy atom. The number of piperidine rings is 1. The van der Waals surface area contributed by atoms with E-state index in [2.05, 4.69) is 5.32 Å². The van der Waals surface area contributed by atoms with Gasteiger partial charge in [-0.05, 0) is 62.6 Å². The van der Waals surface area contributed by atoms with Crippen molar-refractivity contribution in [3.05, 3.63) is 52.8 Å². The third-order valence-corrected chi connectivity index (χ3v) is 7.16. The number of aryl methyl sites for hydroxylation is 1. The second-order valence-electron chi connectivity index (χ2n) is 7.17. The molecule has 0 saturated carbocycles. The van der Waals surface area contributed by atoms with Gasteiger partial charge in [0.05, 0.1) is 12.5 Å². The quantitative estimate of drug-likeness (QED) is 0.708. The van der Waals surface area contributed by atoms with Gasteiger partial charge in [0.15, 0.2) is 0 Å². The van der Waals surface area contributed by atoms with Crippen LogP contribution in [0.1, 0.15) is 25.3 Å². The Kier molecular flexibility index (Phi) is 7.00. The Labute approximate surface area is 181 Å². The zero-order valence-corrected chi connectivity index (χ0v) is 18.4. The van der Waals surface area contributed by atoms with Crippen LogP contribution in [0.2, 0.25) is 5.02 Å². The Hall–Kier alpha value is -2.16. The van der Waals surface area contributed by atoms with Crippen molar-refractivity contribution in [2.45, 2.75) is 31.6 Å². The van der Waals surface area contributed by atoms with Crippen LogP contribution in [0, 0.1) is 18.7 Å². The molecular weight excluding hydrogens is 431 g/mol. The zero-order chi connectivity index (χ0) is 21.9. The van der Waals surface area contributed by atoms with Crippen molar-refractivity contribution in [2.75, 3.05) is 25.0 Å². The lowest BCUT2D eigenvalue weighted by Crippen LogP contribution is -2.43. The Balaban J connectivity index is 1.81. The van der Waals surface area contributed by atoms with E-state index >= 15 is 0 Å². The first-order valence-corrected chi connectivity index (χ1v) is 11.5. The number of hydrogen-bond donors (Lipinski definition) is 1. The van der Waals surface area contributed by atoms with Crippen molar-refractivity contribution in [1.82, 2.24) is 4.31 Å². The number of carbonyl (C=O) groups excluding carboxylic acids is 1. The molecule has 0 aliphatic carbocycles. The maximum atomic E-state index is 13.5. The third kappa shape index (κ3) is 4.94. The number of amides is 1. The van der Waals surface area contributed by atoms with Crippen molar-refractivity contribution in [3.63, 3.8) is 0 Å². The van der Waals surface area contributed by atoms with Crippen LogP contribution in [0.15, 0.2) is 41.3 Å². The molecule has 0 bridgehead atoms. The minimum absolute atomic E-state index is 0.0149. The zero-order valence-electron chi connectivity index (χ0n) is 16.8. The number of ether oxygens (including phenoxy) is 1. The molecule has 2 aromatic carbocycles. The molecule has 162 valence electrons. The lowest BCUT2D eigenvalue weighted by atomic mass is 9.98. The van der Waals surface area contributed by atoms with E-state index in [1.807, 2.05) is 0 Å². The molecule has 0 radical (unpaired) electrons. The highest BCUT2D eigenvalue weighted by atomic mass is 35.5. The monoisotopic (exact) mass is 454 g/mol. The van der Waals surface area contributed by atoms with Gasteiger partial charge in [0.1, 0.15) is 16.5 Å². The van der Waals surface area contributed by atoms with Gasteiger partial charge in [0.25, 0.3) is 0 Å². The van der Waals surface area contributed by atoms with E-state index in [1.54, 1.807) is 26.0 Å². The molecule has 3 rings (SSSR count). The summed E-state index contributed by atoms with van der Waals surface area (Å²) in [7, 11) is -3.91. The largest absolute Gasteiger partial charge is 0.492 e. The molecule has 9 heteroatoms. The van der Waals surface area contributed by atoms with Crippen molar-refractivity contribution >= 4 is 33.2 Å². The fourth-order valence-corrected chi connectivity index (χ4v) is 5.35. The number of sulfonamides is 1. The number of hydrogen-bond acceptors (Lipinski definition) is 4. The molecule has 1 N–H and O–H groups in total. The summed E-state index contributed by atoms with van der Waals surface area (Å²) < 4.78 is 46.8. The summed E-state index contributed by atoms with van der Waals surface area (Å²) in [4.78, 5) is 12.7. The Morgan fingerprint density at radius 2 is 2.07 bits per heavy atom. The van der Waals surface area contributed by atoms with E-state index in [4.69, 9.17) is 16.3 Å². The van der Waals surface area contributed by atoms with Crippen LogP contribution >= 0.6 is 11.6 Å². The van der Waals surface area contributed by atoms with E-state index in [-0.39, 0.29) is 28.1 Å². The van der Waals surface area contributed by atoms with Gasteiger partial charge in [-0.1, -0.05) is 17.7 Å². The van der Waals surface area contributed by atoms with Crippen LogP contribution in [0.25, 0.3) is 0 Å². The van der Waals surface area contributed by atoms with Crippen LogP contribution < -0.4 is 10.1 Å². The van der Waals surface area contributed by atoms with E-state index < -0.39 is 21.8 Å². The topological polar surface area (TPSA) is 75.7 Å². The van der Waals surface area contributed by atoms with E-state index in [0.717, 1.165) is 5.56 Å². The normalized spacial score (nSPS) is 17.5. The summed E-state index contributed by atoms with van der Waals surface area (Å²) in [6.07, 6.45) is 1.07. The van der Waals surface area contributed by atoms with Gasteiger partial charge in [0, 0.05) is 23.8 Å². The minimum Gasteiger partial charge on any atom is -0.492 e. The number of nitrogens with zero attached hydrogens (tertiary/aromatic N) is 1. The molecule has 1 fully saturated rings. The number of carbonyl (C=O) groups is 1. The first-order valence-electron chi connectivity index (χ1n) is 9.72. The van der Waals surface area contributed by atoms with Gasteiger partial charge in [-0.3, -0.25) is 4.79 Å². The standard InChI is InChI=1S/C21H24ClFN2O4S/c1-3-29-19-9-7-16(22)11-20(19)30(27,28)25-10-4-5-15(13-25)21(26)24-18-12-17(23)8-6-14(18)2/h6-9,11-12,15H,3-5,10,13H2,1-2H3,(H,24,26). The Morgan fingerprint density at radius 3 is 2.80 bits per heavy atom. The van der Waals surface area contributed by atoms with Crippen molar-refractivity contribution in [1.29, 1.82) is 0 Å². The van der Waals surface area contributed by atoms with Crippen molar-refractivity contribution in [2.24, 2.45) is 5.92 Å². The molecule has 0 aromatic heterocycles. The molecule has 1 saturated heterocycles. The minimum atomic E-state index is -3.91. The molecule has 1 unspecified atom stereocenters. The molecule has 1 heterocycles. The van der Waals surface area contributed by atoms with E-state index in [9.17, 15) is 17.6 Å². The lowest BCUT2D eigenvalue weighted by Gasteiger charge is -2.31. The predicted molar refractivity (Wildman–Crippen MR) is 114 cm³/mol. The number of nitrogens with one attached hydrogen (secondary N) is 1. The molecular formula is C21H24ClFN2O4S. The van der Waals surface area contributed by atoms with Crippen LogP contribution in [-0.4, -0.2) is 38.3 Å². The molecule has 1 atom stereocenters. The predicted octanol–water partition coefficient (Wildman–Crippen LogP) is 4.23. The first kappa shape index (κ1) is 22.5. The van der Waals surface area contributed by atoms with Gasteiger partial charge in [-0.15, -0.1) is 0 Å². The lowest BCUT2D eigenvalue weighted by molar-refractivity contribution is -0.120. The first-order chi connectivity index (χ1) is 14.2. The van der Waals surface area contributed by atoms with Gasteiger partial charge < -0.3 is 10.1 Å². The van der Waals surface area contributed by atoms with E-state index in [1.165, 1.54) is 28.6 Å². The average Bonchev–Trinajstić information content (AvgIpc) is 2.72. The molecule has 1 amide bonds. The summed E-state index contributed by atoms with van der Waals surface area (Å²) in [6, 6.07) is 8.61. The summed E-state index contributed by atoms with van der Waals surface area (Å²) in [5.74, 6) is -1.11. The maximum Gasteiger partial charge on any atom is 0.246 e. The van der Waals surface area contributed by atoms with Crippen LogP contribution in [0.5, 0.6) is 5.75 Å². The Bertz CT molecular complexity index is 1050. The number of halogens is 2. The molecule has 1 aliphatic rings. The molecule has 30 heavy (non-hydrogen) atoms. The van der Waals surface area contributed by atoms with Gasteiger partial charge in [-0.25, -0.2) is 12.8 Å². The smallest absolute Gasteiger partial charge is 0.246 e. The van der Waals surface area contributed by atoms with Gasteiger partial charge >= 0.3 is 0 Å². The summed E-state index contributed by atoms with van der Waals surface area (Å²) in [6.45, 7) is 4.16. The maximum absolute atomic E-state index is 13.5. The van der Waals surface area contributed by atoms with Crippen LogP contribution in [0.3, 0.4) is 0 Å². The fraction of sp³-hybridized carbons (Fsp3) is 0.381. The summed E-state index contributed by atoms with van der Waals surface area (Å²) >= 11 is 6.03. The van der Waals surface area contributed by atoms with Crippen molar-refractivity contribution < 1.29 is 22.3 Å². The van der Waals surface area contributed by atoms with Crippen LogP contribution in [0.4, 0.5) is 10.1 Å². The van der Waals surface area contributed by atoms with Gasteiger partial charge in [-0.2, -0.15) is 4.31 Å². The third-order valence-electron chi connectivity index (χ3n) is 5.04. The molecule has 6 nitrogen and oxygen atoms in total. The van der Waals surface area contributed by atoms with Crippen molar-refractivity contribution in [3.8, 4) is 5.75 Å². The average molecular weight is 455 g/mol. The highest BCUT2D eigenvalue weighted by molar-refractivity contribution is 7.89. The molecule has 0 spiro atoms. The fourth-order valence-electron chi connectivity index (χ4n) is 3.44. The number of benzene rings is 2. The molecule has 2 aromatic rings. The van der Waals surface area contributed by atoms with Crippen LogP contribution in [-0.2, 0) is 14.8 Å². The highest BCUT2D eigenvalue weighted by Gasteiger charge is 2.35. The SMILES string of the molecule is CCOc1ccc(Cl)cc1S(=O)(=O)N1CCCC(C(=O)Nc2cc(F)ccc2C)C1. The second-order valence-corrected chi connectivity index (χ2v) is 9.52.